The van der Waals surface area contributed by atoms with Crippen LogP contribution in [0.2, 0.25) is 0 Å². The first-order chi connectivity index (χ1) is 9.02. The second kappa shape index (κ2) is 5.64. The van der Waals surface area contributed by atoms with Crippen LogP contribution in [0, 0.1) is 12.3 Å². The molecule has 1 aromatic carbocycles. The maximum atomic E-state index is 12.2. The molecule has 0 radical (unpaired) electrons. The molecule has 0 atom stereocenters. The topological polar surface area (TPSA) is 55.1 Å². The molecular formula is C16H24N2O. The third-order valence-electron chi connectivity index (χ3n) is 4.36. The van der Waals surface area contributed by atoms with E-state index in [0.717, 1.165) is 12.1 Å². The number of amides is 1. The Morgan fingerprint density at radius 3 is 2.68 bits per heavy atom. The molecule has 0 saturated heterocycles. The number of benzene rings is 1. The number of carbonyl (C=O) groups is 1. The van der Waals surface area contributed by atoms with Crippen LogP contribution in [0.3, 0.4) is 0 Å². The summed E-state index contributed by atoms with van der Waals surface area (Å²) in [6, 6.07) is 5.50. The molecule has 1 amide bonds. The molecule has 1 aliphatic carbocycles. The summed E-state index contributed by atoms with van der Waals surface area (Å²) in [5.74, 6) is -0.00315. The van der Waals surface area contributed by atoms with Gasteiger partial charge in [-0.2, -0.15) is 0 Å². The normalized spacial score (nSPS) is 18.0. The van der Waals surface area contributed by atoms with Gasteiger partial charge in [-0.15, -0.1) is 0 Å². The molecule has 3 heteroatoms. The lowest BCUT2D eigenvalue weighted by atomic mass is 9.76. The lowest BCUT2D eigenvalue weighted by Gasteiger charge is -2.33. The summed E-state index contributed by atoms with van der Waals surface area (Å²) in [4.78, 5) is 12.2. The van der Waals surface area contributed by atoms with Gasteiger partial charge in [-0.05, 0) is 42.9 Å². The molecule has 1 fully saturated rings. The maximum Gasteiger partial charge on any atom is 0.251 e. The smallest absolute Gasteiger partial charge is 0.251 e. The fourth-order valence-corrected chi connectivity index (χ4v) is 2.87. The van der Waals surface area contributed by atoms with Crippen molar-refractivity contribution in [1.29, 1.82) is 0 Å². The Balaban J connectivity index is 1.99. The number of nitrogens with one attached hydrogen (secondary N) is 1. The third-order valence-corrected chi connectivity index (χ3v) is 4.36. The Morgan fingerprint density at radius 1 is 1.32 bits per heavy atom. The third kappa shape index (κ3) is 3.28. The number of rotatable bonds is 3. The fourth-order valence-electron chi connectivity index (χ4n) is 2.87. The zero-order valence-electron chi connectivity index (χ0n) is 12.0. The van der Waals surface area contributed by atoms with E-state index in [9.17, 15) is 4.79 Å². The molecular weight excluding hydrogens is 236 g/mol. The standard InChI is InChI=1S/C16H24N2O/c1-12-13(7-6-8-14(12)17)15(19)18-11-16(2)9-4-3-5-10-16/h6-8H,3-5,9-11,17H2,1-2H3,(H,18,19). The molecule has 3 N–H and O–H groups in total. The van der Waals surface area contributed by atoms with Crippen molar-refractivity contribution in [2.45, 2.75) is 46.0 Å². The quantitative estimate of drug-likeness (QED) is 0.819. The van der Waals surface area contributed by atoms with Gasteiger partial charge in [-0.1, -0.05) is 32.3 Å². The van der Waals surface area contributed by atoms with E-state index in [4.69, 9.17) is 5.73 Å². The van der Waals surface area contributed by atoms with Crippen LogP contribution in [0.4, 0.5) is 5.69 Å². The number of carbonyl (C=O) groups excluding carboxylic acids is 1. The van der Waals surface area contributed by atoms with E-state index in [0.29, 0.717) is 11.3 Å². The van der Waals surface area contributed by atoms with Crippen molar-refractivity contribution in [2.24, 2.45) is 5.41 Å². The minimum atomic E-state index is -0.00315. The zero-order valence-corrected chi connectivity index (χ0v) is 12.0. The number of hydrogen-bond acceptors (Lipinski definition) is 2. The van der Waals surface area contributed by atoms with E-state index in [1.165, 1.54) is 32.1 Å². The largest absolute Gasteiger partial charge is 0.398 e. The number of nitrogens with two attached hydrogens (primary N) is 1. The van der Waals surface area contributed by atoms with Crippen LogP contribution in [0.15, 0.2) is 18.2 Å². The molecule has 0 bridgehead atoms. The predicted molar refractivity (Wildman–Crippen MR) is 79.1 cm³/mol. The van der Waals surface area contributed by atoms with Crippen molar-refractivity contribution in [3.63, 3.8) is 0 Å². The molecule has 2 rings (SSSR count). The van der Waals surface area contributed by atoms with E-state index in [2.05, 4.69) is 12.2 Å². The molecule has 0 unspecified atom stereocenters. The molecule has 1 aromatic rings. The first kappa shape index (κ1) is 13.9. The lowest BCUT2D eigenvalue weighted by molar-refractivity contribution is 0.0918. The van der Waals surface area contributed by atoms with Crippen molar-refractivity contribution >= 4 is 11.6 Å². The van der Waals surface area contributed by atoms with E-state index in [1.54, 1.807) is 0 Å². The van der Waals surface area contributed by atoms with Crippen LogP contribution in [0.1, 0.15) is 54.9 Å². The van der Waals surface area contributed by atoms with Gasteiger partial charge >= 0.3 is 0 Å². The van der Waals surface area contributed by atoms with Gasteiger partial charge in [0, 0.05) is 17.8 Å². The van der Waals surface area contributed by atoms with Crippen molar-refractivity contribution in [1.82, 2.24) is 5.32 Å². The van der Waals surface area contributed by atoms with E-state index in [-0.39, 0.29) is 11.3 Å². The molecule has 1 aliphatic rings. The van der Waals surface area contributed by atoms with Gasteiger partial charge in [0.25, 0.3) is 5.91 Å². The molecule has 19 heavy (non-hydrogen) atoms. The monoisotopic (exact) mass is 260 g/mol. The van der Waals surface area contributed by atoms with E-state index >= 15 is 0 Å². The average molecular weight is 260 g/mol. The Kier molecular flexibility index (Phi) is 4.13. The highest BCUT2D eigenvalue weighted by Gasteiger charge is 2.27. The average Bonchev–Trinajstić information content (AvgIpc) is 2.40. The molecule has 0 spiro atoms. The summed E-state index contributed by atoms with van der Waals surface area (Å²) in [6.45, 7) is 4.94. The van der Waals surface area contributed by atoms with E-state index < -0.39 is 0 Å². The summed E-state index contributed by atoms with van der Waals surface area (Å²) in [5.41, 5.74) is 8.35. The van der Waals surface area contributed by atoms with Gasteiger partial charge < -0.3 is 11.1 Å². The Hall–Kier alpha value is -1.51. The van der Waals surface area contributed by atoms with Gasteiger partial charge in [0.1, 0.15) is 0 Å². The molecule has 3 nitrogen and oxygen atoms in total. The van der Waals surface area contributed by atoms with Crippen LogP contribution in [-0.4, -0.2) is 12.5 Å². The van der Waals surface area contributed by atoms with Gasteiger partial charge in [0.15, 0.2) is 0 Å². The van der Waals surface area contributed by atoms with Gasteiger partial charge in [0.05, 0.1) is 0 Å². The number of anilines is 1. The summed E-state index contributed by atoms with van der Waals surface area (Å²) in [7, 11) is 0. The highest BCUT2D eigenvalue weighted by molar-refractivity contribution is 5.96. The van der Waals surface area contributed by atoms with Crippen molar-refractivity contribution < 1.29 is 4.79 Å². The highest BCUT2D eigenvalue weighted by atomic mass is 16.1. The lowest BCUT2D eigenvalue weighted by Crippen LogP contribution is -2.37. The zero-order chi connectivity index (χ0) is 13.9. The number of hydrogen-bond donors (Lipinski definition) is 2. The van der Waals surface area contributed by atoms with Gasteiger partial charge in [-0.3, -0.25) is 4.79 Å². The van der Waals surface area contributed by atoms with Crippen molar-refractivity contribution in [2.75, 3.05) is 12.3 Å². The molecule has 0 heterocycles. The van der Waals surface area contributed by atoms with Crippen molar-refractivity contribution in [3.8, 4) is 0 Å². The minimum absolute atomic E-state index is 0.00315. The Labute approximate surface area is 115 Å². The summed E-state index contributed by atoms with van der Waals surface area (Å²) >= 11 is 0. The van der Waals surface area contributed by atoms with E-state index in [1.807, 2.05) is 25.1 Å². The highest BCUT2D eigenvalue weighted by Crippen LogP contribution is 2.35. The Morgan fingerprint density at radius 2 is 2.00 bits per heavy atom. The van der Waals surface area contributed by atoms with Crippen LogP contribution < -0.4 is 11.1 Å². The Bertz CT molecular complexity index is 462. The van der Waals surface area contributed by atoms with Gasteiger partial charge in [0.2, 0.25) is 0 Å². The van der Waals surface area contributed by atoms with Crippen LogP contribution >= 0.6 is 0 Å². The first-order valence-corrected chi connectivity index (χ1v) is 7.15. The van der Waals surface area contributed by atoms with Crippen LogP contribution in [0.25, 0.3) is 0 Å². The second-order valence-electron chi connectivity index (χ2n) is 6.07. The minimum Gasteiger partial charge on any atom is -0.398 e. The van der Waals surface area contributed by atoms with Crippen LogP contribution in [0.5, 0.6) is 0 Å². The number of nitrogen functional groups attached to an aromatic ring is 1. The first-order valence-electron chi connectivity index (χ1n) is 7.15. The SMILES string of the molecule is Cc1c(N)cccc1C(=O)NCC1(C)CCCCC1. The molecule has 1 saturated carbocycles. The second-order valence-corrected chi connectivity index (χ2v) is 6.07. The summed E-state index contributed by atoms with van der Waals surface area (Å²) in [5, 5.41) is 3.08. The maximum absolute atomic E-state index is 12.2. The summed E-state index contributed by atoms with van der Waals surface area (Å²) < 4.78 is 0. The predicted octanol–water partition coefficient (Wildman–Crippen LogP) is 3.28. The molecule has 0 aliphatic heterocycles. The van der Waals surface area contributed by atoms with Gasteiger partial charge in [-0.25, -0.2) is 0 Å². The summed E-state index contributed by atoms with van der Waals surface area (Å²) in [6.07, 6.45) is 6.32. The van der Waals surface area contributed by atoms with Crippen LogP contribution in [-0.2, 0) is 0 Å². The molecule has 0 aromatic heterocycles. The fraction of sp³-hybridized carbons (Fsp3) is 0.562. The molecule has 104 valence electrons. The van der Waals surface area contributed by atoms with Crippen molar-refractivity contribution in [3.05, 3.63) is 29.3 Å².